The predicted octanol–water partition coefficient (Wildman–Crippen LogP) is 3.36. The number of amides is 3. The third kappa shape index (κ3) is 6.39. The first kappa shape index (κ1) is 27.5. The predicted molar refractivity (Wildman–Crippen MR) is 141 cm³/mol. The molecule has 0 radical (unpaired) electrons. The van der Waals surface area contributed by atoms with Crippen LogP contribution in [0.5, 0.6) is 0 Å². The number of β-amino-alcohol motifs (C(OH)–C–C–N with tert-alkyl or cyclic N) is 1. The first-order chi connectivity index (χ1) is 16.9. The molecule has 9 heteroatoms. The number of hydrogen-bond donors (Lipinski definition) is 3. The third-order valence-corrected chi connectivity index (χ3v) is 7.37. The molecule has 3 rings (SSSR count). The van der Waals surface area contributed by atoms with Crippen LogP contribution in [0, 0.1) is 12.3 Å². The van der Waals surface area contributed by atoms with Crippen molar-refractivity contribution in [1.29, 1.82) is 0 Å². The zero-order chi connectivity index (χ0) is 26.6. The summed E-state index contributed by atoms with van der Waals surface area (Å²) in [4.78, 5) is 45.8. The van der Waals surface area contributed by atoms with Gasteiger partial charge in [0, 0.05) is 19.4 Å². The van der Waals surface area contributed by atoms with Crippen molar-refractivity contribution in [3.63, 3.8) is 0 Å². The Bertz CT molecular complexity index is 1110. The van der Waals surface area contributed by atoms with Gasteiger partial charge in [0.1, 0.15) is 12.1 Å². The highest BCUT2D eigenvalue weighted by Gasteiger charge is 2.44. The summed E-state index contributed by atoms with van der Waals surface area (Å²) < 4.78 is 0. The van der Waals surface area contributed by atoms with E-state index >= 15 is 0 Å². The van der Waals surface area contributed by atoms with Crippen molar-refractivity contribution in [1.82, 2.24) is 20.5 Å². The highest BCUT2D eigenvalue weighted by Crippen LogP contribution is 2.29. The Morgan fingerprint density at radius 1 is 1.25 bits per heavy atom. The van der Waals surface area contributed by atoms with Crippen LogP contribution in [0.4, 0.5) is 0 Å². The van der Waals surface area contributed by atoms with Gasteiger partial charge in [0.15, 0.2) is 0 Å². The molecule has 1 fully saturated rings. The normalized spacial score (nSPS) is 19.4. The summed E-state index contributed by atoms with van der Waals surface area (Å²) in [5.74, 6) is -1.03. The van der Waals surface area contributed by atoms with Gasteiger partial charge in [0.25, 0.3) is 0 Å². The van der Waals surface area contributed by atoms with Gasteiger partial charge < -0.3 is 20.6 Å². The number of aromatic nitrogens is 1. The van der Waals surface area contributed by atoms with E-state index in [1.54, 1.807) is 11.3 Å². The number of carbonyl (C=O) groups is 3. The van der Waals surface area contributed by atoms with E-state index < -0.39 is 23.6 Å². The van der Waals surface area contributed by atoms with Crippen LogP contribution in [0.25, 0.3) is 10.4 Å². The van der Waals surface area contributed by atoms with Crippen molar-refractivity contribution in [2.45, 2.75) is 71.7 Å². The van der Waals surface area contributed by atoms with Gasteiger partial charge in [0.2, 0.25) is 17.7 Å². The van der Waals surface area contributed by atoms with Gasteiger partial charge in [-0.25, -0.2) is 4.98 Å². The van der Waals surface area contributed by atoms with Gasteiger partial charge in [-0.2, -0.15) is 0 Å². The van der Waals surface area contributed by atoms with Crippen molar-refractivity contribution < 1.29 is 19.5 Å². The first-order valence-electron chi connectivity index (χ1n) is 12.1. The maximum atomic E-state index is 13.5. The number of nitrogens with one attached hydrogen (secondary N) is 2. The number of carbonyl (C=O) groups excluding carboxylic acids is 3. The Balaban J connectivity index is 1.72. The molecule has 1 saturated heterocycles. The van der Waals surface area contributed by atoms with Gasteiger partial charge in [-0.15, -0.1) is 17.9 Å². The maximum absolute atomic E-state index is 13.5. The van der Waals surface area contributed by atoms with E-state index in [-0.39, 0.29) is 43.1 Å². The number of likely N-dealkylation sites (tertiary alicyclic amines) is 1. The lowest BCUT2D eigenvalue weighted by molar-refractivity contribution is -0.144. The van der Waals surface area contributed by atoms with Gasteiger partial charge in [0.05, 0.1) is 28.2 Å². The summed E-state index contributed by atoms with van der Waals surface area (Å²) in [6.45, 7) is 13.0. The maximum Gasteiger partial charge on any atom is 0.246 e. The Kier molecular flexibility index (Phi) is 8.68. The molecule has 3 N–H and O–H groups in total. The van der Waals surface area contributed by atoms with Crippen molar-refractivity contribution >= 4 is 29.1 Å². The topological polar surface area (TPSA) is 112 Å². The molecule has 0 aliphatic carbocycles. The minimum atomic E-state index is -0.842. The summed E-state index contributed by atoms with van der Waals surface area (Å²) in [6.07, 6.45) is 0.893. The molecular formula is C27H36N4O4S. The molecule has 4 atom stereocenters. The Morgan fingerprint density at radius 3 is 2.47 bits per heavy atom. The molecule has 8 nitrogen and oxygen atoms in total. The molecule has 2 heterocycles. The molecule has 0 spiro atoms. The van der Waals surface area contributed by atoms with Crippen LogP contribution in [0.15, 0.2) is 42.4 Å². The summed E-state index contributed by atoms with van der Waals surface area (Å²) in [5.41, 5.74) is 4.20. The fourth-order valence-corrected chi connectivity index (χ4v) is 5.18. The average molecular weight is 513 g/mol. The van der Waals surface area contributed by atoms with Crippen molar-refractivity contribution in [2.24, 2.45) is 5.41 Å². The lowest BCUT2D eigenvalue weighted by atomic mass is 9.85. The summed E-state index contributed by atoms with van der Waals surface area (Å²) in [5, 5.41) is 16.1. The van der Waals surface area contributed by atoms with E-state index in [4.69, 9.17) is 0 Å². The average Bonchev–Trinajstić information content (AvgIpc) is 3.42. The second-order valence-corrected chi connectivity index (χ2v) is 11.2. The fourth-order valence-electron chi connectivity index (χ4n) is 4.37. The number of hydrogen-bond acceptors (Lipinski definition) is 6. The van der Waals surface area contributed by atoms with Crippen molar-refractivity contribution in [3.05, 3.63) is 53.7 Å². The van der Waals surface area contributed by atoms with E-state index in [0.717, 1.165) is 21.7 Å². The number of thiazole rings is 1. The fraction of sp³-hybridized carbons (Fsp3) is 0.481. The number of aliphatic hydroxyl groups is 1. The minimum Gasteiger partial charge on any atom is -0.391 e. The van der Waals surface area contributed by atoms with Crippen molar-refractivity contribution in [3.8, 4) is 10.4 Å². The lowest BCUT2D eigenvalue weighted by Gasteiger charge is -2.35. The van der Waals surface area contributed by atoms with Crippen LogP contribution in [-0.2, 0) is 14.4 Å². The summed E-state index contributed by atoms with van der Waals surface area (Å²) >= 11 is 1.58. The summed E-state index contributed by atoms with van der Waals surface area (Å²) in [7, 11) is 0. The Hall–Kier alpha value is -3.04. The molecule has 1 aromatic carbocycles. The van der Waals surface area contributed by atoms with Crippen LogP contribution in [0.1, 0.15) is 57.8 Å². The van der Waals surface area contributed by atoms with Crippen LogP contribution in [-0.4, -0.2) is 57.4 Å². The van der Waals surface area contributed by atoms with Gasteiger partial charge in [-0.3, -0.25) is 14.4 Å². The molecule has 1 aliphatic rings. The van der Waals surface area contributed by atoms with Crippen molar-refractivity contribution in [2.75, 3.05) is 6.54 Å². The molecule has 194 valence electrons. The van der Waals surface area contributed by atoms with Crippen LogP contribution < -0.4 is 10.6 Å². The molecule has 1 aromatic heterocycles. The van der Waals surface area contributed by atoms with E-state index in [1.165, 1.54) is 11.0 Å². The van der Waals surface area contributed by atoms with E-state index in [9.17, 15) is 19.5 Å². The zero-order valence-corrected chi connectivity index (χ0v) is 22.4. The number of benzene rings is 1. The van der Waals surface area contributed by atoms with Crippen LogP contribution in [0.2, 0.25) is 0 Å². The third-order valence-electron chi connectivity index (χ3n) is 6.39. The smallest absolute Gasteiger partial charge is 0.246 e. The summed E-state index contributed by atoms with van der Waals surface area (Å²) in [6, 6.07) is 5.99. The quantitative estimate of drug-likeness (QED) is 0.470. The largest absolute Gasteiger partial charge is 0.391 e. The minimum absolute atomic E-state index is 0.0398. The highest BCUT2D eigenvalue weighted by atomic mass is 32.1. The number of aryl methyl sites for hydroxylation is 1. The van der Waals surface area contributed by atoms with Gasteiger partial charge in [-0.05, 0) is 30.4 Å². The molecule has 2 aromatic rings. The van der Waals surface area contributed by atoms with Gasteiger partial charge in [-0.1, -0.05) is 51.1 Å². The Labute approximate surface area is 216 Å². The molecule has 36 heavy (non-hydrogen) atoms. The molecule has 0 bridgehead atoms. The molecule has 0 saturated carbocycles. The zero-order valence-electron chi connectivity index (χ0n) is 21.6. The number of nitrogens with zero attached hydrogens (tertiary/aromatic N) is 2. The van der Waals surface area contributed by atoms with Crippen LogP contribution >= 0.6 is 11.3 Å². The Morgan fingerprint density at radius 2 is 1.92 bits per heavy atom. The SMILES string of the molecule is C=CCC(=O)N[C@H](C(=O)N1C[C@H](O)C[C@H]1C(=O)N[C@@H](C)c1ccc(-c2scnc2C)cc1)C(C)(C)C. The first-order valence-corrected chi connectivity index (χ1v) is 13.0. The van der Waals surface area contributed by atoms with E-state index in [0.29, 0.717) is 0 Å². The monoisotopic (exact) mass is 512 g/mol. The lowest BCUT2D eigenvalue weighted by Crippen LogP contribution is -2.57. The molecule has 1 aliphatic heterocycles. The van der Waals surface area contributed by atoms with Crippen LogP contribution in [0.3, 0.4) is 0 Å². The highest BCUT2D eigenvalue weighted by molar-refractivity contribution is 7.13. The molecule has 0 unspecified atom stereocenters. The molecular weight excluding hydrogens is 476 g/mol. The number of aliphatic hydroxyl groups excluding tert-OH is 1. The van der Waals surface area contributed by atoms with Gasteiger partial charge >= 0.3 is 0 Å². The molecule has 3 amide bonds. The second kappa shape index (κ2) is 11.3. The second-order valence-electron chi connectivity index (χ2n) is 10.4. The van der Waals surface area contributed by atoms with E-state index in [2.05, 4.69) is 22.2 Å². The standard InChI is InChI=1S/C27H36N4O4S/c1-7-8-22(33)30-24(27(4,5)6)26(35)31-14-20(32)13-21(31)25(34)29-16(2)18-9-11-19(12-10-18)23-17(3)28-15-36-23/h7,9-12,15-16,20-21,24,32H,1,8,13-14H2,2-6H3,(H,29,34)(H,30,33)/t16-,20+,21-,24+/m0/s1. The van der Waals surface area contributed by atoms with E-state index in [1.807, 2.05) is 64.4 Å². The number of rotatable bonds is 8.